The van der Waals surface area contributed by atoms with Gasteiger partial charge in [-0.25, -0.2) is 0 Å². The van der Waals surface area contributed by atoms with Gasteiger partial charge in [0.1, 0.15) is 10.8 Å². The van der Waals surface area contributed by atoms with Gasteiger partial charge in [-0.05, 0) is 50.6 Å². The lowest BCUT2D eigenvalue weighted by molar-refractivity contribution is -0.127. The number of amides is 2. The standard InChI is InChI=1S/C23H26Cl2N2O4/c1-14-12-27(13-15(2)30-14)23(29)18-9-7-17(8-10-18)11-26-22(28)16(3)31-20-6-4-5-19(24)21(20)25/h4-10,14-16H,11-13H2,1-3H3,(H,26,28). The number of nitrogens with one attached hydrogen (secondary N) is 1. The summed E-state index contributed by atoms with van der Waals surface area (Å²) in [5.74, 6) is 0.0527. The summed E-state index contributed by atoms with van der Waals surface area (Å²) in [7, 11) is 0. The molecule has 0 spiro atoms. The molecule has 6 nitrogen and oxygen atoms in total. The molecule has 2 aromatic carbocycles. The van der Waals surface area contributed by atoms with Crippen molar-refractivity contribution in [3.8, 4) is 5.75 Å². The van der Waals surface area contributed by atoms with Gasteiger partial charge in [0.15, 0.2) is 6.10 Å². The summed E-state index contributed by atoms with van der Waals surface area (Å²) in [5.41, 5.74) is 1.49. The number of carbonyl (C=O) groups excluding carboxylic acids is 2. The first-order valence-electron chi connectivity index (χ1n) is 10.2. The summed E-state index contributed by atoms with van der Waals surface area (Å²) in [5, 5.41) is 3.46. The average Bonchev–Trinajstić information content (AvgIpc) is 2.74. The van der Waals surface area contributed by atoms with E-state index >= 15 is 0 Å². The molecule has 0 aliphatic carbocycles. The molecule has 0 aromatic heterocycles. The molecule has 2 aromatic rings. The second kappa shape index (κ2) is 10.4. The molecule has 31 heavy (non-hydrogen) atoms. The van der Waals surface area contributed by atoms with E-state index in [2.05, 4.69) is 5.32 Å². The van der Waals surface area contributed by atoms with Crippen molar-refractivity contribution >= 4 is 35.0 Å². The zero-order valence-electron chi connectivity index (χ0n) is 17.7. The van der Waals surface area contributed by atoms with Crippen molar-refractivity contribution in [2.75, 3.05) is 13.1 Å². The minimum Gasteiger partial charge on any atom is -0.479 e. The van der Waals surface area contributed by atoms with E-state index in [9.17, 15) is 9.59 Å². The monoisotopic (exact) mass is 464 g/mol. The molecule has 3 atom stereocenters. The molecule has 3 rings (SSSR count). The lowest BCUT2D eigenvalue weighted by atomic mass is 10.1. The van der Waals surface area contributed by atoms with Gasteiger partial charge in [-0.15, -0.1) is 0 Å². The predicted molar refractivity (Wildman–Crippen MR) is 121 cm³/mol. The van der Waals surface area contributed by atoms with E-state index in [1.54, 1.807) is 37.3 Å². The van der Waals surface area contributed by atoms with Gasteiger partial charge in [0, 0.05) is 25.2 Å². The molecule has 0 radical (unpaired) electrons. The van der Waals surface area contributed by atoms with E-state index < -0.39 is 6.10 Å². The second-order valence-corrected chi connectivity index (χ2v) is 8.48. The molecule has 1 aliphatic rings. The molecule has 2 amide bonds. The Balaban J connectivity index is 1.53. The van der Waals surface area contributed by atoms with E-state index in [1.165, 1.54) is 0 Å². The predicted octanol–water partition coefficient (Wildman–Crippen LogP) is 4.33. The van der Waals surface area contributed by atoms with Crippen LogP contribution in [0.15, 0.2) is 42.5 Å². The number of benzene rings is 2. The van der Waals surface area contributed by atoms with Gasteiger partial charge in [0.25, 0.3) is 11.8 Å². The molecule has 8 heteroatoms. The number of nitrogens with zero attached hydrogens (tertiary/aromatic N) is 1. The van der Waals surface area contributed by atoms with Gasteiger partial charge in [-0.1, -0.05) is 41.4 Å². The first-order valence-corrected chi connectivity index (χ1v) is 10.9. The molecule has 1 aliphatic heterocycles. The van der Waals surface area contributed by atoms with E-state index in [4.69, 9.17) is 32.7 Å². The van der Waals surface area contributed by atoms with Gasteiger partial charge >= 0.3 is 0 Å². The number of halogens is 2. The summed E-state index contributed by atoms with van der Waals surface area (Å²) in [6.45, 7) is 7.04. The molecule has 1 N–H and O–H groups in total. The van der Waals surface area contributed by atoms with E-state index in [-0.39, 0.29) is 29.0 Å². The summed E-state index contributed by atoms with van der Waals surface area (Å²) in [6, 6.07) is 12.2. The Morgan fingerprint density at radius 2 is 1.77 bits per heavy atom. The first kappa shape index (κ1) is 23.4. The number of hydrogen-bond donors (Lipinski definition) is 1. The lowest BCUT2D eigenvalue weighted by Crippen LogP contribution is -2.48. The van der Waals surface area contributed by atoms with E-state index in [0.29, 0.717) is 36.0 Å². The molecule has 0 saturated carbocycles. The Kier molecular flexibility index (Phi) is 7.81. The van der Waals surface area contributed by atoms with Gasteiger partial charge in [-0.3, -0.25) is 9.59 Å². The van der Waals surface area contributed by atoms with Crippen molar-refractivity contribution in [3.05, 3.63) is 63.6 Å². The maximum atomic E-state index is 12.7. The van der Waals surface area contributed by atoms with Crippen LogP contribution in [0.2, 0.25) is 10.0 Å². The normalized spacial score (nSPS) is 19.6. The Labute approximate surface area is 192 Å². The number of morpholine rings is 1. The van der Waals surface area contributed by atoms with E-state index in [1.807, 2.05) is 30.9 Å². The first-order chi connectivity index (χ1) is 14.7. The molecular weight excluding hydrogens is 439 g/mol. The van der Waals surface area contributed by atoms with Crippen molar-refractivity contribution < 1.29 is 19.1 Å². The van der Waals surface area contributed by atoms with Gasteiger partial charge in [0.05, 0.1) is 17.2 Å². The van der Waals surface area contributed by atoms with Crippen LogP contribution in [0.1, 0.15) is 36.7 Å². The third kappa shape index (κ3) is 6.12. The second-order valence-electron chi connectivity index (χ2n) is 7.69. The highest BCUT2D eigenvalue weighted by Crippen LogP contribution is 2.32. The maximum absolute atomic E-state index is 12.7. The fourth-order valence-electron chi connectivity index (χ4n) is 3.44. The quantitative estimate of drug-likeness (QED) is 0.690. The fraction of sp³-hybridized carbons (Fsp3) is 0.391. The summed E-state index contributed by atoms with van der Waals surface area (Å²) in [4.78, 5) is 26.9. The summed E-state index contributed by atoms with van der Waals surface area (Å²) in [6.07, 6.45) is -0.705. The van der Waals surface area contributed by atoms with Crippen molar-refractivity contribution in [1.29, 1.82) is 0 Å². The zero-order chi connectivity index (χ0) is 22.5. The highest BCUT2D eigenvalue weighted by Gasteiger charge is 2.26. The van der Waals surface area contributed by atoms with E-state index in [0.717, 1.165) is 5.56 Å². The van der Waals surface area contributed by atoms with Crippen molar-refractivity contribution in [1.82, 2.24) is 10.2 Å². The van der Waals surface area contributed by atoms with Crippen molar-refractivity contribution in [2.45, 2.75) is 45.6 Å². The maximum Gasteiger partial charge on any atom is 0.261 e. The van der Waals surface area contributed by atoms with Crippen molar-refractivity contribution in [3.63, 3.8) is 0 Å². The Morgan fingerprint density at radius 3 is 2.42 bits per heavy atom. The van der Waals surface area contributed by atoms with Crippen LogP contribution in [0.4, 0.5) is 0 Å². The molecular formula is C23H26Cl2N2O4. The minimum absolute atomic E-state index is 0.0157. The number of ether oxygens (including phenoxy) is 2. The van der Waals surface area contributed by atoms with Crippen LogP contribution in [0.25, 0.3) is 0 Å². The molecule has 0 bridgehead atoms. The molecule has 1 saturated heterocycles. The van der Waals surface area contributed by atoms with Crippen LogP contribution >= 0.6 is 23.2 Å². The Bertz CT molecular complexity index is 926. The van der Waals surface area contributed by atoms with Gasteiger partial charge < -0.3 is 19.7 Å². The van der Waals surface area contributed by atoms with Gasteiger partial charge in [0.2, 0.25) is 0 Å². The summed E-state index contributed by atoms with van der Waals surface area (Å²) < 4.78 is 11.3. The SMILES string of the molecule is CC1CN(C(=O)c2ccc(CNC(=O)C(C)Oc3cccc(Cl)c3Cl)cc2)CC(C)O1. The van der Waals surface area contributed by atoms with Crippen LogP contribution in [-0.2, 0) is 16.1 Å². The lowest BCUT2D eigenvalue weighted by Gasteiger charge is -2.35. The highest BCUT2D eigenvalue weighted by molar-refractivity contribution is 6.42. The molecule has 1 fully saturated rings. The topological polar surface area (TPSA) is 67.9 Å². The largest absolute Gasteiger partial charge is 0.479 e. The molecule has 166 valence electrons. The minimum atomic E-state index is -0.748. The van der Waals surface area contributed by atoms with Crippen LogP contribution < -0.4 is 10.1 Å². The van der Waals surface area contributed by atoms with Crippen LogP contribution in [0.5, 0.6) is 5.75 Å². The third-order valence-electron chi connectivity index (χ3n) is 4.96. The highest BCUT2D eigenvalue weighted by atomic mass is 35.5. The van der Waals surface area contributed by atoms with Gasteiger partial charge in [-0.2, -0.15) is 0 Å². The average molecular weight is 465 g/mol. The Morgan fingerprint density at radius 1 is 1.13 bits per heavy atom. The van der Waals surface area contributed by atoms with Crippen molar-refractivity contribution in [2.24, 2.45) is 0 Å². The summed E-state index contributed by atoms with van der Waals surface area (Å²) >= 11 is 12.1. The number of rotatable bonds is 6. The van der Waals surface area contributed by atoms with Crippen LogP contribution in [0.3, 0.4) is 0 Å². The smallest absolute Gasteiger partial charge is 0.261 e. The number of hydrogen-bond acceptors (Lipinski definition) is 4. The molecule has 1 heterocycles. The zero-order valence-corrected chi connectivity index (χ0v) is 19.2. The van der Waals surface area contributed by atoms with Crippen LogP contribution in [0, 0.1) is 0 Å². The van der Waals surface area contributed by atoms with Crippen LogP contribution in [-0.4, -0.2) is 48.1 Å². The molecule has 3 unspecified atom stereocenters. The fourth-order valence-corrected chi connectivity index (χ4v) is 3.78. The third-order valence-corrected chi connectivity index (χ3v) is 5.77. The number of carbonyl (C=O) groups is 2. The Hall–Kier alpha value is -2.28.